The maximum absolute atomic E-state index is 6.39. The lowest BCUT2D eigenvalue weighted by molar-refractivity contribution is -0.0702. The Bertz CT molecular complexity index is 433. The molecule has 3 nitrogen and oxygen atoms in total. The SMILES string of the molecule is Cc1cccc(C(CNC(C)(C)C)OC2CCOCC2)c1. The first-order valence-corrected chi connectivity index (χ1v) is 7.99. The Balaban J connectivity index is 2.05. The first-order valence-electron chi connectivity index (χ1n) is 7.99. The molecule has 1 atom stereocenters. The molecule has 0 spiro atoms. The van der Waals surface area contributed by atoms with Gasteiger partial charge in [0.1, 0.15) is 0 Å². The normalized spacial score (nSPS) is 18.7. The van der Waals surface area contributed by atoms with Crippen LogP contribution in [0.4, 0.5) is 0 Å². The molecule has 118 valence electrons. The molecule has 0 aromatic heterocycles. The van der Waals surface area contributed by atoms with Gasteiger partial charge in [-0.15, -0.1) is 0 Å². The zero-order valence-electron chi connectivity index (χ0n) is 13.8. The molecule has 1 unspecified atom stereocenters. The third-order valence-electron chi connectivity index (χ3n) is 3.76. The molecule has 1 aliphatic heterocycles. The van der Waals surface area contributed by atoms with E-state index in [0.29, 0.717) is 6.10 Å². The Hall–Kier alpha value is -0.900. The van der Waals surface area contributed by atoms with Gasteiger partial charge in [-0.3, -0.25) is 0 Å². The Morgan fingerprint density at radius 2 is 2.00 bits per heavy atom. The Kier molecular flexibility index (Phi) is 5.80. The van der Waals surface area contributed by atoms with Crippen molar-refractivity contribution in [3.8, 4) is 0 Å². The molecule has 1 heterocycles. The molecule has 21 heavy (non-hydrogen) atoms. The van der Waals surface area contributed by atoms with Crippen LogP contribution in [0, 0.1) is 6.92 Å². The molecule has 1 fully saturated rings. The zero-order valence-corrected chi connectivity index (χ0v) is 13.8. The van der Waals surface area contributed by atoms with Crippen molar-refractivity contribution in [3.63, 3.8) is 0 Å². The predicted molar refractivity (Wildman–Crippen MR) is 86.6 cm³/mol. The number of rotatable bonds is 5. The van der Waals surface area contributed by atoms with E-state index >= 15 is 0 Å². The number of ether oxygens (including phenoxy) is 2. The first kappa shape index (κ1) is 16.5. The van der Waals surface area contributed by atoms with Crippen molar-refractivity contribution in [2.75, 3.05) is 19.8 Å². The second kappa shape index (κ2) is 7.39. The van der Waals surface area contributed by atoms with Crippen LogP contribution in [-0.4, -0.2) is 31.4 Å². The van der Waals surface area contributed by atoms with E-state index in [-0.39, 0.29) is 11.6 Å². The Morgan fingerprint density at radius 1 is 1.29 bits per heavy atom. The van der Waals surface area contributed by atoms with Gasteiger partial charge in [-0.1, -0.05) is 29.8 Å². The van der Waals surface area contributed by atoms with Gasteiger partial charge in [0.05, 0.1) is 12.2 Å². The summed E-state index contributed by atoms with van der Waals surface area (Å²) in [5.41, 5.74) is 2.64. The minimum Gasteiger partial charge on any atom is -0.381 e. The lowest BCUT2D eigenvalue weighted by Crippen LogP contribution is -2.40. The fourth-order valence-electron chi connectivity index (χ4n) is 2.56. The second-order valence-corrected chi connectivity index (χ2v) is 6.98. The molecule has 3 heteroatoms. The molecule has 0 bridgehead atoms. The lowest BCUT2D eigenvalue weighted by Gasteiger charge is -2.31. The fraction of sp³-hybridized carbons (Fsp3) is 0.667. The summed E-state index contributed by atoms with van der Waals surface area (Å²) in [7, 11) is 0. The second-order valence-electron chi connectivity index (χ2n) is 6.98. The van der Waals surface area contributed by atoms with Gasteiger partial charge in [0, 0.05) is 25.3 Å². The number of aryl methyl sites for hydroxylation is 1. The predicted octanol–water partition coefficient (Wildman–Crippen LogP) is 3.62. The standard InChI is InChI=1S/C18H29NO2/c1-14-6-5-7-15(12-14)17(13-19-18(2,3)4)21-16-8-10-20-11-9-16/h5-7,12,16-17,19H,8-11,13H2,1-4H3. The summed E-state index contributed by atoms with van der Waals surface area (Å²) in [4.78, 5) is 0. The van der Waals surface area contributed by atoms with E-state index < -0.39 is 0 Å². The van der Waals surface area contributed by atoms with E-state index in [1.807, 2.05) is 0 Å². The highest BCUT2D eigenvalue weighted by molar-refractivity contribution is 5.24. The topological polar surface area (TPSA) is 30.5 Å². The summed E-state index contributed by atoms with van der Waals surface area (Å²) in [6.07, 6.45) is 2.41. The summed E-state index contributed by atoms with van der Waals surface area (Å²) in [5, 5.41) is 3.57. The van der Waals surface area contributed by atoms with Gasteiger partial charge in [-0.2, -0.15) is 0 Å². The van der Waals surface area contributed by atoms with Crippen molar-refractivity contribution < 1.29 is 9.47 Å². The summed E-state index contributed by atoms with van der Waals surface area (Å²) in [6.45, 7) is 11.2. The lowest BCUT2D eigenvalue weighted by atomic mass is 10.0. The maximum Gasteiger partial charge on any atom is 0.0953 e. The first-order chi connectivity index (χ1) is 9.94. The van der Waals surface area contributed by atoms with Gasteiger partial charge in [-0.25, -0.2) is 0 Å². The molecule has 0 saturated carbocycles. The van der Waals surface area contributed by atoms with Gasteiger partial charge in [-0.05, 0) is 46.1 Å². The monoisotopic (exact) mass is 291 g/mol. The van der Waals surface area contributed by atoms with E-state index in [1.165, 1.54) is 11.1 Å². The summed E-state index contributed by atoms with van der Waals surface area (Å²) >= 11 is 0. The van der Waals surface area contributed by atoms with Crippen LogP contribution in [0.1, 0.15) is 50.8 Å². The van der Waals surface area contributed by atoms with Crippen LogP contribution in [0.2, 0.25) is 0 Å². The van der Waals surface area contributed by atoms with Gasteiger partial charge in [0.2, 0.25) is 0 Å². The average molecular weight is 291 g/mol. The van der Waals surface area contributed by atoms with E-state index in [0.717, 1.165) is 32.6 Å². The molecule has 2 rings (SSSR count). The minimum absolute atomic E-state index is 0.0983. The molecule has 1 N–H and O–H groups in total. The van der Waals surface area contributed by atoms with Crippen molar-refractivity contribution in [3.05, 3.63) is 35.4 Å². The van der Waals surface area contributed by atoms with Crippen LogP contribution in [0.15, 0.2) is 24.3 Å². The molecular formula is C18H29NO2. The Morgan fingerprint density at radius 3 is 2.62 bits per heavy atom. The number of hydrogen-bond acceptors (Lipinski definition) is 3. The van der Waals surface area contributed by atoms with Gasteiger partial charge in [0.25, 0.3) is 0 Å². The van der Waals surface area contributed by atoms with Crippen LogP contribution in [0.25, 0.3) is 0 Å². The van der Waals surface area contributed by atoms with Crippen LogP contribution < -0.4 is 5.32 Å². The van der Waals surface area contributed by atoms with Crippen molar-refractivity contribution in [1.29, 1.82) is 0 Å². The van der Waals surface area contributed by atoms with Crippen LogP contribution >= 0.6 is 0 Å². The molecule has 0 amide bonds. The van der Waals surface area contributed by atoms with Crippen LogP contribution in [-0.2, 0) is 9.47 Å². The highest BCUT2D eigenvalue weighted by Gasteiger charge is 2.22. The average Bonchev–Trinajstić information content (AvgIpc) is 2.43. The molecular weight excluding hydrogens is 262 g/mol. The molecule has 1 aromatic carbocycles. The van der Waals surface area contributed by atoms with Gasteiger partial charge >= 0.3 is 0 Å². The number of benzene rings is 1. The van der Waals surface area contributed by atoms with E-state index in [9.17, 15) is 0 Å². The molecule has 1 aliphatic rings. The van der Waals surface area contributed by atoms with Crippen LogP contribution in [0.5, 0.6) is 0 Å². The highest BCUT2D eigenvalue weighted by atomic mass is 16.5. The quantitative estimate of drug-likeness (QED) is 0.899. The van der Waals surface area contributed by atoms with Crippen molar-refractivity contribution in [2.24, 2.45) is 0 Å². The smallest absolute Gasteiger partial charge is 0.0953 e. The van der Waals surface area contributed by atoms with E-state index in [4.69, 9.17) is 9.47 Å². The van der Waals surface area contributed by atoms with Crippen molar-refractivity contribution in [2.45, 2.75) is 58.3 Å². The van der Waals surface area contributed by atoms with Crippen LogP contribution in [0.3, 0.4) is 0 Å². The van der Waals surface area contributed by atoms with Crippen molar-refractivity contribution in [1.82, 2.24) is 5.32 Å². The highest BCUT2D eigenvalue weighted by Crippen LogP contribution is 2.24. The Labute approximate surface area is 129 Å². The van der Waals surface area contributed by atoms with Crippen molar-refractivity contribution >= 4 is 0 Å². The molecule has 1 saturated heterocycles. The third-order valence-corrected chi connectivity index (χ3v) is 3.76. The number of hydrogen-bond donors (Lipinski definition) is 1. The largest absolute Gasteiger partial charge is 0.381 e. The summed E-state index contributed by atoms with van der Waals surface area (Å²) < 4.78 is 11.8. The van der Waals surface area contributed by atoms with Gasteiger partial charge < -0.3 is 14.8 Å². The van der Waals surface area contributed by atoms with E-state index in [2.05, 4.69) is 57.3 Å². The zero-order chi connectivity index (χ0) is 15.3. The van der Waals surface area contributed by atoms with Gasteiger partial charge in [0.15, 0.2) is 0 Å². The molecule has 1 aromatic rings. The summed E-state index contributed by atoms with van der Waals surface area (Å²) in [6, 6.07) is 8.64. The number of nitrogens with one attached hydrogen (secondary N) is 1. The maximum atomic E-state index is 6.39. The summed E-state index contributed by atoms with van der Waals surface area (Å²) in [5.74, 6) is 0. The van der Waals surface area contributed by atoms with E-state index in [1.54, 1.807) is 0 Å². The minimum atomic E-state index is 0.0983. The third kappa shape index (κ3) is 5.77. The molecule has 0 aliphatic carbocycles. The fourth-order valence-corrected chi connectivity index (χ4v) is 2.56. The molecule has 0 radical (unpaired) electrons.